The Hall–Kier alpha value is -2.84. The number of rotatable bonds is 5. The van der Waals surface area contributed by atoms with E-state index >= 15 is 0 Å². The van der Waals surface area contributed by atoms with E-state index in [4.69, 9.17) is 0 Å². The average molecular weight is 380 g/mol. The lowest BCUT2D eigenvalue weighted by Crippen LogP contribution is -2.46. The minimum Gasteiger partial charge on any atom is -0.353 e. The first-order valence-electron chi connectivity index (χ1n) is 8.82. The Balaban J connectivity index is 1.32. The molecule has 2 aromatic heterocycles. The fourth-order valence-electron chi connectivity index (χ4n) is 3.01. The van der Waals surface area contributed by atoms with Gasteiger partial charge in [-0.2, -0.15) is 0 Å². The monoisotopic (exact) mass is 380 g/mol. The fourth-order valence-corrected chi connectivity index (χ4v) is 3.56. The number of nitrogens with one attached hydrogen (secondary N) is 1. The number of benzene rings is 1. The quantitative estimate of drug-likeness (QED) is 0.733. The zero-order valence-corrected chi connectivity index (χ0v) is 15.6. The summed E-state index contributed by atoms with van der Waals surface area (Å²) in [5.74, 6) is 0.549. The number of hydrogen-bond acceptors (Lipinski definition) is 7. The molecular formula is C19H20N6OS. The largest absolute Gasteiger partial charge is 0.353 e. The topological polar surface area (TPSA) is 74.2 Å². The van der Waals surface area contributed by atoms with E-state index in [0.717, 1.165) is 49.9 Å². The van der Waals surface area contributed by atoms with E-state index in [2.05, 4.69) is 35.7 Å². The van der Waals surface area contributed by atoms with E-state index < -0.39 is 0 Å². The van der Waals surface area contributed by atoms with Crippen molar-refractivity contribution in [3.8, 4) is 0 Å². The molecule has 0 unspecified atom stereocenters. The second-order valence-corrected chi connectivity index (χ2v) is 7.06. The van der Waals surface area contributed by atoms with E-state index in [1.807, 2.05) is 41.9 Å². The highest BCUT2D eigenvalue weighted by Gasteiger charge is 2.19. The van der Waals surface area contributed by atoms with Crippen LogP contribution in [0.2, 0.25) is 0 Å². The molecular weight excluding hydrogens is 360 g/mol. The molecule has 138 valence electrons. The second kappa shape index (κ2) is 8.24. The molecule has 1 saturated heterocycles. The standard InChI is InChI=1S/C19H20N6OS/c26-19(21-15-4-2-1-3-5-15)17-6-7-18(23-22-17)25-10-8-24(9-11-25)12-16-13-27-14-20-16/h1-7,13-14H,8-12H2,(H,21,26). The average Bonchev–Trinajstić information content (AvgIpc) is 3.22. The van der Waals surface area contributed by atoms with Gasteiger partial charge in [-0.3, -0.25) is 9.69 Å². The number of carbonyl (C=O) groups is 1. The van der Waals surface area contributed by atoms with Crippen molar-refractivity contribution >= 4 is 28.7 Å². The van der Waals surface area contributed by atoms with Gasteiger partial charge in [-0.15, -0.1) is 21.5 Å². The zero-order chi connectivity index (χ0) is 18.5. The Morgan fingerprint density at radius 2 is 1.85 bits per heavy atom. The van der Waals surface area contributed by atoms with Crippen LogP contribution >= 0.6 is 11.3 Å². The summed E-state index contributed by atoms with van der Waals surface area (Å²) in [4.78, 5) is 21.2. The summed E-state index contributed by atoms with van der Waals surface area (Å²) in [5.41, 5.74) is 4.05. The third kappa shape index (κ3) is 4.47. The summed E-state index contributed by atoms with van der Waals surface area (Å²) in [7, 11) is 0. The molecule has 1 aromatic carbocycles. The normalized spacial score (nSPS) is 14.9. The number of para-hydroxylation sites is 1. The van der Waals surface area contributed by atoms with Crippen molar-refractivity contribution < 1.29 is 4.79 Å². The summed E-state index contributed by atoms with van der Waals surface area (Å²) < 4.78 is 0. The van der Waals surface area contributed by atoms with Crippen LogP contribution in [0.15, 0.2) is 53.4 Å². The van der Waals surface area contributed by atoms with Gasteiger partial charge in [-0.1, -0.05) is 18.2 Å². The van der Waals surface area contributed by atoms with E-state index in [9.17, 15) is 4.79 Å². The van der Waals surface area contributed by atoms with Gasteiger partial charge in [0.25, 0.3) is 5.91 Å². The smallest absolute Gasteiger partial charge is 0.276 e. The lowest BCUT2D eigenvalue weighted by Gasteiger charge is -2.34. The van der Waals surface area contributed by atoms with Gasteiger partial charge in [-0.05, 0) is 24.3 Å². The van der Waals surface area contributed by atoms with Crippen molar-refractivity contribution in [3.05, 3.63) is 64.7 Å². The van der Waals surface area contributed by atoms with Crippen LogP contribution in [0, 0.1) is 0 Å². The molecule has 0 atom stereocenters. The molecule has 27 heavy (non-hydrogen) atoms. The third-order valence-corrected chi connectivity index (χ3v) is 5.12. The van der Waals surface area contributed by atoms with E-state index in [1.165, 1.54) is 0 Å². The van der Waals surface area contributed by atoms with Gasteiger partial charge in [0.2, 0.25) is 0 Å². The maximum atomic E-state index is 12.3. The molecule has 1 fully saturated rings. The molecule has 0 spiro atoms. The Kier molecular flexibility index (Phi) is 5.36. The molecule has 8 heteroatoms. The SMILES string of the molecule is O=C(Nc1ccccc1)c1ccc(N2CCN(Cc3cscn3)CC2)nn1. The van der Waals surface area contributed by atoms with Crippen molar-refractivity contribution in [2.75, 3.05) is 36.4 Å². The molecule has 7 nitrogen and oxygen atoms in total. The lowest BCUT2D eigenvalue weighted by molar-refractivity contribution is 0.102. The van der Waals surface area contributed by atoms with Crippen LogP contribution < -0.4 is 10.2 Å². The summed E-state index contributed by atoms with van der Waals surface area (Å²) in [5, 5.41) is 13.3. The van der Waals surface area contributed by atoms with Crippen LogP contribution in [-0.2, 0) is 6.54 Å². The van der Waals surface area contributed by atoms with Gasteiger partial charge < -0.3 is 10.2 Å². The number of anilines is 2. The summed E-state index contributed by atoms with van der Waals surface area (Å²) in [6.07, 6.45) is 0. The van der Waals surface area contributed by atoms with Gasteiger partial charge in [0, 0.05) is 43.8 Å². The van der Waals surface area contributed by atoms with E-state index in [-0.39, 0.29) is 5.91 Å². The predicted octanol–water partition coefficient (Wildman–Crippen LogP) is 2.51. The van der Waals surface area contributed by atoms with Gasteiger partial charge in [0.1, 0.15) is 0 Å². The number of amides is 1. The van der Waals surface area contributed by atoms with Gasteiger partial charge >= 0.3 is 0 Å². The Morgan fingerprint density at radius 3 is 2.52 bits per heavy atom. The van der Waals surface area contributed by atoms with Crippen molar-refractivity contribution in [1.29, 1.82) is 0 Å². The van der Waals surface area contributed by atoms with Crippen LogP contribution in [0.25, 0.3) is 0 Å². The number of piperazine rings is 1. The zero-order valence-electron chi connectivity index (χ0n) is 14.8. The van der Waals surface area contributed by atoms with Gasteiger partial charge in [-0.25, -0.2) is 4.98 Å². The highest BCUT2D eigenvalue weighted by atomic mass is 32.1. The van der Waals surface area contributed by atoms with Crippen LogP contribution in [0.4, 0.5) is 11.5 Å². The van der Waals surface area contributed by atoms with Crippen molar-refractivity contribution in [1.82, 2.24) is 20.1 Å². The molecule has 3 aromatic rings. The number of aromatic nitrogens is 3. The second-order valence-electron chi connectivity index (χ2n) is 6.34. The van der Waals surface area contributed by atoms with E-state index in [0.29, 0.717) is 5.69 Å². The molecule has 0 saturated carbocycles. The molecule has 0 aliphatic carbocycles. The molecule has 1 N–H and O–H groups in total. The van der Waals surface area contributed by atoms with Crippen LogP contribution in [0.5, 0.6) is 0 Å². The van der Waals surface area contributed by atoms with Gasteiger partial charge in [0.15, 0.2) is 11.5 Å². The first kappa shape index (κ1) is 17.6. The summed E-state index contributed by atoms with van der Waals surface area (Å²) >= 11 is 1.63. The number of carbonyl (C=O) groups excluding carboxylic acids is 1. The molecule has 1 aliphatic heterocycles. The van der Waals surface area contributed by atoms with E-state index in [1.54, 1.807) is 17.4 Å². The maximum Gasteiger partial charge on any atom is 0.276 e. The van der Waals surface area contributed by atoms with Crippen LogP contribution in [-0.4, -0.2) is 52.2 Å². The van der Waals surface area contributed by atoms with Crippen molar-refractivity contribution in [2.24, 2.45) is 0 Å². The summed E-state index contributed by atoms with van der Waals surface area (Å²) in [6.45, 7) is 4.56. The lowest BCUT2D eigenvalue weighted by atomic mass is 10.2. The molecule has 0 radical (unpaired) electrons. The first-order valence-corrected chi connectivity index (χ1v) is 9.77. The van der Waals surface area contributed by atoms with Crippen LogP contribution in [0.3, 0.4) is 0 Å². The first-order chi connectivity index (χ1) is 13.3. The van der Waals surface area contributed by atoms with Crippen molar-refractivity contribution in [3.63, 3.8) is 0 Å². The highest BCUT2D eigenvalue weighted by molar-refractivity contribution is 7.07. The number of nitrogens with zero attached hydrogens (tertiary/aromatic N) is 5. The third-order valence-electron chi connectivity index (χ3n) is 4.48. The molecule has 3 heterocycles. The minimum atomic E-state index is -0.256. The summed E-state index contributed by atoms with van der Waals surface area (Å²) in [6, 6.07) is 12.9. The number of hydrogen-bond donors (Lipinski definition) is 1. The minimum absolute atomic E-state index is 0.256. The number of thiazole rings is 1. The Morgan fingerprint density at radius 1 is 1.04 bits per heavy atom. The molecule has 1 aliphatic rings. The highest BCUT2D eigenvalue weighted by Crippen LogP contribution is 2.15. The molecule has 1 amide bonds. The van der Waals surface area contributed by atoms with Crippen molar-refractivity contribution in [2.45, 2.75) is 6.54 Å². The Bertz CT molecular complexity index is 861. The molecule has 4 rings (SSSR count). The fraction of sp³-hybridized carbons (Fsp3) is 0.263. The molecule has 0 bridgehead atoms. The Labute approximate surface area is 161 Å². The van der Waals surface area contributed by atoms with Crippen LogP contribution in [0.1, 0.15) is 16.2 Å². The van der Waals surface area contributed by atoms with Gasteiger partial charge in [0.05, 0.1) is 11.2 Å². The predicted molar refractivity (Wildman–Crippen MR) is 106 cm³/mol. The maximum absolute atomic E-state index is 12.3.